The van der Waals surface area contributed by atoms with Crippen molar-refractivity contribution < 1.29 is 0 Å². The maximum absolute atomic E-state index is 4.82. The maximum atomic E-state index is 4.82. The first kappa shape index (κ1) is 16.0. The Kier molecular flexibility index (Phi) is 5.11. The second-order valence-electron chi connectivity index (χ2n) is 5.88. The summed E-state index contributed by atoms with van der Waals surface area (Å²) in [6, 6.07) is 0. The molecule has 0 spiro atoms. The number of rotatable bonds is 4. The van der Waals surface area contributed by atoms with Gasteiger partial charge in [-0.15, -0.1) is 0 Å². The van der Waals surface area contributed by atoms with Crippen LogP contribution >= 0.6 is 0 Å². The molecule has 0 aromatic carbocycles. The Labute approximate surface area is 113 Å². The van der Waals surface area contributed by atoms with Crippen LogP contribution in [0.2, 0.25) is 0 Å². The van der Waals surface area contributed by atoms with Crippen LogP contribution in [0.15, 0.2) is 17.1 Å². The first-order valence-electron chi connectivity index (χ1n) is 6.06. The predicted molar refractivity (Wildman–Crippen MR) is 75.7 cm³/mol. The van der Waals surface area contributed by atoms with E-state index < -0.39 is 0 Å². The molecule has 1 rings (SSSR count). The summed E-state index contributed by atoms with van der Waals surface area (Å²) in [4.78, 5) is 4.82. The Bertz CT molecular complexity index is 257. The third-order valence-electron chi connectivity index (χ3n) is 4.53. The Hall–Kier alpha value is 0.00740. The quantitative estimate of drug-likeness (QED) is 0.635. The summed E-state index contributed by atoms with van der Waals surface area (Å²) in [5.41, 5.74) is 0.412. The van der Waals surface area contributed by atoms with Gasteiger partial charge in [-0.2, -0.15) is 0 Å². The molecule has 1 heterocycles. The molecule has 2 heteroatoms. The van der Waals surface area contributed by atoms with Crippen molar-refractivity contribution in [2.45, 2.75) is 59.9 Å². The molecule has 0 aliphatic carbocycles. The van der Waals surface area contributed by atoms with Gasteiger partial charge in [0, 0.05) is 6.21 Å². The van der Waals surface area contributed by atoms with E-state index in [1.807, 2.05) is 6.21 Å². The Balaban J connectivity index is 0.00000225. The first-order valence-corrected chi connectivity index (χ1v) is 6.06. The van der Waals surface area contributed by atoms with Gasteiger partial charge in [-0.3, -0.25) is 4.99 Å². The third-order valence-corrected chi connectivity index (χ3v) is 4.53. The van der Waals surface area contributed by atoms with Crippen LogP contribution in [-0.2, 0) is 0 Å². The van der Waals surface area contributed by atoms with Crippen LogP contribution in [0.4, 0.5) is 0 Å². The van der Waals surface area contributed by atoms with Crippen LogP contribution in [0.1, 0.15) is 54.4 Å². The second kappa shape index (κ2) is 5.11. The van der Waals surface area contributed by atoms with Crippen molar-refractivity contribution in [3.8, 4) is 0 Å². The monoisotopic (exact) mass is 215 g/mol. The van der Waals surface area contributed by atoms with Crippen LogP contribution in [0.5, 0.6) is 0 Å². The van der Waals surface area contributed by atoms with Gasteiger partial charge in [0.15, 0.2) is 0 Å². The molecule has 0 bridgehead atoms. The second-order valence-corrected chi connectivity index (χ2v) is 5.88. The Morgan fingerprint density at radius 2 is 1.44 bits per heavy atom. The van der Waals surface area contributed by atoms with Gasteiger partial charge < -0.3 is 0 Å². The Morgan fingerprint density at radius 3 is 1.69 bits per heavy atom. The molecule has 0 saturated heterocycles. The average Bonchev–Trinajstić information content (AvgIpc) is 2.68. The average molecular weight is 215 g/mol. The van der Waals surface area contributed by atoms with E-state index in [4.69, 9.17) is 4.99 Å². The summed E-state index contributed by atoms with van der Waals surface area (Å²) in [5.74, 6) is 0. The summed E-state index contributed by atoms with van der Waals surface area (Å²) in [6.07, 6.45) is 8.68. The van der Waals surface area contributed by atoms with Gasteiger partial charge in [-0.1, -0.05) is 47.6 Å². The van der Waals surface area contributed by atoms with Crippen molar-refractivity contribution in [3.63, 3.8) is 0 Å². The fraction of sp³-hybridized carbons (Fsp3) is 0.786. The van der Waals surface area contributed by atoms with E-state index in [2.05, 4.69) is 53.7 Å². The van der Waals surface area contributed by atoms with E-state index in [0.29, 0.717) is 0 Å². The van der Waals surface area contributed by atoms with E-state index in [0.717, 1.165) is 12.8 Å². The SMILES string of the molecule is CCC(C)(C)C1(C(C)(C)CC)C=CC=N1.[LiH]. The van der Waals surface area contributed by atoms with Crippen LogP contribution < -0.4 is 0 Å². The van der Waals surface area contributed by atoms with Crippen LogP contribution in [-0.4, -0.2) is 30.6 Å². The molecule has 0 fully saturated rings. The van der Waals surface area contributed by atoms with Crippen molar-refractivity contribution in [1.82, 2.24) is 0 Å². The molecular weight excluding hydrogens is 189 g/mol. The summed E-state index contributed by atoms with van der Waals surface area (Å²) >= 11 is 0. The van der Waals surface area contributed by atoms with Gasteiger partial charge in [-0.05, 0) is 29.7 Å². The van der Waals surface area contributed by atoms with Gasteiger partial charge in [0.25, 0.3) is 0 Å². The zero-order valence-electron chi connectivity index (χ0n) is 11.1. The van der Waals surface area contributed by atoms with Crippen molar-refractivity contribution in [1.29, 1.82) is 0 Å². The van der Waals surface area contributed by atoms with E-state index in [9.17, 15) is 0 Å². The van der Waals surface area contributed by atoms with Gasteiger partial charge >= 0.3 is 18.9 Å². The summed E-state index contributed by atoms with van der Waals surface area (Å²) in [5, 5.41) is 0. The first-order chi connectivity index (χ1) is 6.83. The van der Waals surface area contributed by atoms with E-state index in [1.54, 1.807) is 0 Å². The molecule has 88 valence electrons. The number of hydrogen-bond donors (Lipinski definition) is 0. The van der Waals surface area contributed by atoms with E-state index in [-0.39, 0.29) is 35.2 Å². The number of nitrogens with zero attached hydrogens (tertiary/aromatic N) is 1. The van der Waals surface area contributed by atoms with Gasteiger partial charge in [0.1, 0.15) is 0 Å². The molecular formula is C14H26LiN. The van der Waals surface area contributed by atoms with Gasteiger partial charge in [-0.25, -0.2) is 0 Å². The Morgan fingerprint density at radius 1 is 1.00 bits per heavy atom. The van der Waals surface area contributed by atoms with Crippen molar-refractivity contribution >= 4 is 25.1 Å². The van der Waals surface area contributed by atoms with Gasteiger partial charge in [0.05, 0.1) is 5.54 Å². The van der Waals surface area contributed by atoms with E-state index >= 15 is 0 Å². The van der Waals surface area contributed by atoms with Crippen LogP contribution in [0.3, 0.4) is 0 Å². The molecule has 1 nitrogen and oxygen atoms in total. The standard InChI is InChI=1S/C14H25N.Li.H/c1-7-12(3,4)14(10-9-11-15-14)13(5,6)8-2;;/h9-11H,7-8H2,1-6H3;;. The zero-order valence-corrected chi connectivity index (χ0v) is 11.1. The predicted octanol–water partition coefficient (Wildman–Crippen LogP) is 3.59. The molecule has 0 radical (unpaired) electrons. The molecule has 0 aromatic rings. The number of hydrogen-bond acceptors (Lipinski definition) is 1. The fourth-order valence-electron chi connectivity index (χ4n) is 2.64. The number of allylic oxidation sites excluding steroid dienone is 1. The summed E-state index contributed by atoms with van der Waals surface area (Å²) < 4.78 is 0. The molecule has 1 aliphatic heterocycles. The molecule has 16 heavy (non-hydrogen) atoms. The molecule has 0 N–H and O–H groups in total. The minimum atomic E-state index is -0.0243. The third kappa shape index (κ3) is 2.18. The molecule has 0 aromatic heterocycles. The van der Waals surface area contributed by atoms with Crippen molar-refractivity contribution in [2.24, 2.45) is 15.8 Å². The molecule has 0 amide bonds. The van der Waals surface area contributed by atoms with Crippen molar-refractivity contribution in [3.05, 3.63) is 12.2 Å². The summed E-state index contributed by atoms with van der Waals surface area (Å²) in [6.45, 7) is 13.8. The molecule has 0 atom stereocenters. The molecule has 0 saturated carbocycles. The van der Waals surface area contributed by atoms with E-state index in [1.165, 1.54) is 0 Å². The normalized spacial score (nSPS) is 18.6. The minimum absolute atomic E-state index is 0. The zero-order chi connectivity index (χ0) is 11.7. The summed E-state index contributed by atoms with van der Waals surface area (Å²) in [7, 11) is 0. The van der Waals surface area contributed by atoms with Crippen LogP contribution in [0, 0.1) is 10.8 Å². The molecule has 1 aliphatic rings. The van der Waals surface area contributed by atoms with Crippen LogP contribution in [0.25, 0.3) is 0 Å². The van der Waals surface area contributed by atoms with Gasteiger partial charge in [0.2, 0.25) is 0 Å². The topological polar surface area (TPSA) is 12.4 Å². The molecule has 0 unspecified atom stereocenters. The van der Waals surface area contributed by atoms with Crippen molar-refractivity contribution in [2.75, 3.05) is 0 Å². The number of aliphatic imine (C=N–C) groups is 1. The fourth-order valence-corrected chi connectivity index (χ4v) is 2.64.